The molecule has 4 aromatic heterocycles. The fourth-order valence-electron chi connectivity index (χ4n) is 4.60. The lowest BCUT2D eigenvalue weighted by Gasteiger charge is -2.34. The number of nitriles is 1. The average molecular weight is 494 g/mol. The lowest BCUT2D eigenvalue weighted by Crippen LogP contribution is -2.28. The normalized spacial score (nSPS) is 18.6. The van der Waals surface area contributed by atoms with E-state index in [9.17, 15) is 23.2 Å². The number of nitrogens with zero attached hydrogens (tertiary/aromatic N) is 7. The van der Waals surface area contributed by atoms with E-state index in [1.54, 1.807) is 6.92 Å². The molecule has 0 aliphatic heterocycles. The van der Waals surface area contributed by atoms with Gasteiger partial charge < -0.3 is 4.98 Å². The quantitative estimate of drug-likeness (QED) is 0.453. The highest BCUT2D eigenvalue weighted by molar-refractivity contribution is 5.80. The Balaban J connectivity index is 1.57. The van der Waals surface area contributed by atoms with Gasteiger partial charge in [-0.25, -0.2) is 19.6 Å². The first-order valence-corrected chi connectivity index (χ1v) is 11.3. The molecule has 1 unspecified atom stereocenters. The van der Waals surface area contributed by atoms with Crippen molar-refractivity contribution >= 4 is 11.0 Å². The third kappa shape index (κ3) is 4.00. The van der Waals surface area contributed by atoms with Gasteiger partial charge in [0.1, 0.15) is 28.8 Å². The molecule has 1 aliphatic carbocycles. The summed E-state index contributed by atoms with van der Waals surface area (Å²) in [6, 6.07) is 5.36. The van der Waals surface area contributed by atoms with E-state index in [-0.39, 0.29) is 28.6 Å². The van der Waals surface area contributed by atoms with Crippen LogP contribution in [0.4, 0.5) is 13.2 Å². The van der Waals surface area contributed by atoms with Crippen LogP contribution in [0.1, 0.15) is 77.6 Å². The molecule has 0 radical (unpaired) electrons. The van der Waals surface area contributed by atoms with Crippen LogP contribution in [0, 0.1) is 25.2 Å². The van der Waals surface area contributed by atoms with E-state index >= 15 is 0 Å². The fraction of sp³-hybridized carbons (Fsp3) is 0.375. The number of hydrogen-bond acceptors (Lipinski definition) is 7. The van der Waals surface area contributed by atoms with Crippen molar-refractivity contribution in [2.45, 2.75) is 57.7 Å². The molecule has 1 aliphatic rings. The lowest BCUT2D eigenvalue weighted by atomic mass is 9.72. The van der Waals surface area contributed by atoms with Gasteiger partial charge in [0.15, 0.2) is 11.3 Å². The van der Waals surface area contributed by atoms with Gasteiger partial charge in [0, 0.05) is 29.4 Å². The summed E-state index contributed by atoms with van der Waals surface area (Å²) >= 11 is 0. The molecule has 0 spiro atoms. The van der Waals surface area contributed by atoms with Crippen molar-refractivity contribution < 1.29 is 13.2 Å². The number of nitrogens with one attached hydrogen (secondary N) is 1. The number of pyridine rings is 1. The highest BCUT2D eigenvalue weighted by Crippen LogP contribution is 2.47. The highest BCUT2D eigenvalue weighted by Gasteiger charge is 2.38. The highest BCUT2D eigenvalue weighted by atomic mass is 19.4. The van der Waals surface area contributed by atoms with Crippen LogP contribution < -0.4 is 5.56 Å². The third-order valence-electron chi connectivity index (χ3n) is 6.57. The van der Waals surface area contributed by atoms with E-state index in [0.29, 0.717) is 17.2 Å². The van der Waals surface area contributed by atoms with Crippen LogP contribution in [0.15, 0.2) is 29.2 Å². The molecular formula is C24H21F3N8O. The van der Waals surface area contributed by atoms with Crippen LogP contribution in [0.2, 0.25) is 0 Å². The monoisotopic (exact) mass is 494 g/mol. The first-order chi connectivity index (χ1) is 17.1. The zero-order valence-electron chi connectivity index (χ0n) is 19.6. The first-order valence-electron chi connectivity index (χ1n) is 11.3. The molecular weight excluding hydrogens is 473 g/mol. The SMILES string of the molecule is Cc1cc(C)nc([C@@H]2CC[C@H]2c2nc3c(c(C#N)nn3C(C)c3ccc(C(F)(F)F)nc3)c(=O)[nH]2)n1. The molecule has 1 saturated carbocycles. The van der Waals surface area contributed by atoms with E-state index in [0.717, 1.165) is 36.5 Å². The zero-order valence-corrected chi connectivity index (χ0v) is 19.6. The molecule has 0 bridgehead atoms. The van der Waals surface area contributed by atoms with E-state index in [4.69, 9.17) is 0 Å². The maximum absolute atomic E-state index is 13.0. The standard InChI is InChI=1S/C24H21F3N8O/c1-11-8-12(2)31-20(30-11)15-5-6-16(15)21-32-22-19(23(36)33-21)17(9-28)34-35(22)13(3)14-4-7-18(29-10-14)24(25,26)27/h4,7-8,10,13,15-16H,5-6H2,1-3H3,(H,32,33,36)/t13?,15-,16-/m1/s1. The Labute approximate surface area is 203 Å². The molecule has 4 heterocycles. The molecule has 3 atom stereocenters. The van der Waals surface area contributed by atoms with E-state index in [2.05, 4.69) is 30.0 Å². The Bertz CT molecular complexity index is 1550. The smallest absolute Gasteiger partial charge is 0.310 e. The second-order valence-corrected chi connectivity index (χ2v) is 9.00. The number of alkyl halides is 3. The fourth-order valence-corrected chi connectivity index (χ4v) is 4.60. The molecule has 1 fully saturated rings. The van der Waals surface area contributed by atoms with Gasteiger partial charge in [-0.3, -0.25) is 9.78 Å². The molecule has 36 heavy (non-hydrogen) atoms. The Kier molecular flexibility index (Phi) is 5.58. The number of hydrogen-bond donors (Lipinski definition) is 1. The maximum Gasteiger partial charge on any atom is 0.433 e. The Morgan fingerprint density at radius 2 is 1.83 bits per heavy atom. The van der Waals surface area contributed by atoms with E-state index in [1.807, 2.05) is 26.0 Å². The second kappa shape index (κ2) is 8.51. The summed E-state index contributed by atoms with van der Waals surface area (Å²) in [5.74, 6) is 0.990. The summed E-state index contributed by atoms with van der Waals surface area (Å²) < 4.78 is 40.2. The van der Waals surface area contributed by atoms with Crippen LogP contribution in [0.5, 0.6) is 0 Å². The van der Waals surface area contributed by atoms with Crippen molar-refractivity contribution in [2.75, 3.05) is 0 Å². The minimum absolute atomic E-state index is 0.0208. The zero-order chi connectivity index (χ0) is 25.8. The van der Waals surface area contributed by atoms with Crippen molar-refractivity contribution in [1.82, 2.24) is 34.7 Å². The average Bonchev–Trinajstić information content (AvgIpc) is 3.16. The molecule has 4 aromatic rings. The van der Waals surface area contributed by atoms with Gasteiger partial charge in [-0.05, 0) is 51.3 Å². The van der Waals surface area contributed by atoms with Gasteiger partial charge in [0.25, 0.3) is 5.56 Å². The predicted octanol–water partition coefficient (Wildman–Crippen LogP) is 4.08. The molecule has 0 aromatic carbocycles. The first kappa shape index (κ1) is 23.6. The van der Waals surface area contributed by atoms with Gasteiger partial charge in [-0.15, -0.1) is 0 Å². The van der Waals surface area contributed by atoms with Crippen molar-refractivity contribution in [1.29, 1.82) is 5.26 Å². The lowest BCUT2D eigenvalue weighted by molar-refractivity contribution is -0.141. The number of H-pyrrole nitrogens is 1. The molecule has 5 rings (SSSR count). The van der Waals surface area contributed by atoms with Crippen molar-refractivity contribution in [2.24, 2.45) is 0 Å². The minimum Gasteiger partial charge on any atom is -0.310 e. The maximum atomic E-state index is 13.0. The van der Waals surface area contributed by atoms with Crippen molar-refractivity contribution in [3.8, 4) is 6.07 Å². The molecule has 0 saturated heterocycles. The number of rotatable bonds is 4. The van der Waals surface area contributed by atoms with Crippen LogP contribution in [0.3, 0.4) is 0 Å². The van der Waals surface area contributed by atoms with Gasteiger partial charge in [-0.1, -0.05) is 6.07 Å². The minimum atomic E-state index is -4.56. The van der Waals surface area contributed by atoms with Crippen molar-refractivity contribution in [3.63, 3.8) is 0 Å². The Morgan fingerprint density at radius 1 is 1.14 bits per heavy atom. The Hall–Kier alpha value is -4.14. The molecule has 12 heteroatoms. The summed E-state index contributed by atoms with van der Waals surface area (Å²) in [7, 11) is 0. The van der Waals surface area contributed by atoms with Crippen LogP contribution in [-0.4, -0.2) is 34.7 Å². The summed E-state index contributed by atoms with van der Waals surface area (Å²) in [4.78, 5) is 33.2. The number of halogens is 3. The van der Waals surface area contributed by atoms with Gasteiger partial charge in [0.2, 0.25) is 0 Å². The van der Waals surface area contributed by atoms with Crippen LogP contribution in [0.25, 0.3) is 11.0 Å². The topological polar surface area (TPSA) is 126 Å². The number of aromatic amines is 1. The summed E-state index contributed by atoms with van der Waals surface area (Å²) in [6.07, 6.45) is -1.84. The number of aryl methyl sites for hydroxylation is 2. The molecule has 1 N–H and O–H groups in total. The number of aromatic nitrogens is 7. The third-order valence-corrected chi connectivity index (χ3v) is 6.57. The van der Waals surface area contributed by atoms with Gasteiger partial charge in [-0.2, -0.15) is 23.5 Å². The summed E-state index contributed by atoms with van der Waals surface area (Å²) in [6.45, 7) is 5.49. The molecule has 0 amide bonds. The largest absolute Gasteiger partial charge is 0.433 e. The molecule has 184 valence electrons. The summed E-state index contributed by atoms with van der Waals surface area (Å²) in [5.41, 5.74) is 0.701. The van der Waals surface area contributed by atoms with Crippen LogP contribution in [-0.2, 0) is 6.18 Å². The number of fused-ring (bicyclic) bond motifs is 1. The van der Waals surface area contributed by atoms with E-state index in [1.165, 1.54) is 10.7 Å². The van der Waals surface area contributed by atoms with Crippen molar-refractivity contribution in [3.05, 3.63) is 74.7 Å². The van der Waals surface area contributed by atoms with Gasteiger partial charge >= 0.3 is 6.18 Å². The summed E-state index contributed by atoms with van der Waals surface area (Å²) in [5, 5.41) is 13.9. The Morgan fingerprint density at radius 3 is 2.39 bits per heavy atom. The van der Waals surface area contributed by atoms with E-state index < -0.39 is 23.5 Å². The predicted molar refractivity (Wildman–Crippen MR) is 122 cm³/mol. The van der Waals surface area contributed by atoms with Gasteiger partial charge in [0.05, 0.1) is 6.04 Å². The molecule has 9 nitrogen and oxygen atoms in total. The second-order valence-electron chi connectivity index (χ2n) is 9.00. The van der Waals surface area contributed by atoms with Crippen LogP contribution >= 0.6 is 0 Å².